The molecule has 6 nitrogen and oxygen atoms in total. The molecule has 1 aromatic heterocycles. The SMILES string of the molecule is CC(C)Oc1ccc(C(=O)N2CCC3(CC2)c2ccc(C(=O)C4CC4)n2CCN3C)c(F)c1. The third-order valence-corrected chi connectivity index (χ3v) is 7.47. The molecular formula is C26H32FN3O3. The Kier molecular flexibility index (Phi) is 5.55. The Morgan fingerprint density at radius 3 is 2.42 bits per heavy atom. The lowest BCUT2D eigenvalue weighted by atomic mass is 9.81. The molecule has 5 rings (SSSR count). The number of piperidine rings is 1. The molecule has 1 spiro atoms. The van der Waals surface area contributed by atoms with Crippen LogP contribution in [0.15, 0.2) is 30.3 Å². The van der Waals surface area contributed by atoms with Crippen LogP contribution in [0, 0.1) is 11.7 Å². The van der Waals surface area contributed by atoms with Gasteiger partial charge in [-0.2, -0.15) is 0 Å². The number of ether oxygens (including phenoxy) is 1. The minimum Gasteiger partial charge on any atom is -0.491 e. The fraction of sp³-hybridized carbons (Fsp3) is 0.538. The lowest BCUT2D eigenvalue weighted by molar-refractivity contribution is 0.0126. The van der Waals surface area contributed by atoms with E-state index in [9.17, 15) is 14.0 Å². The van der Waals surface area contributed by atoms with Gasteiger partial charge in [0.15, 0.2) is 5.78 Å². The third kappa shape index (κ3) is 3.86. The molecule has 33 heavy (non-hydrogen) atoms. The summed E-state index contributed by atoms with van der Waals surface area (Å²) in [6.45, 7) is 6.53. The molecular weight excluding hydrogens is 421 g/mol. The Morgan fingerprint density at radius 2 is 1.79 bits per heavy atom. The number of amides is 1. The molecule has 3 heterocycles. The number of nitrogens with zero attached hydrogens (tertiary/aromatic N) is 3. The highest BCUT2D eigenvalue weighted by atomic mass is 19.1. The number of Topliss-reactive ketones (excluding diaryl/α,β-unsaturated/α-hetero) is 1. The van der Waals surface area contributed by atoms with Gasteiger partial charge in [0.2, 0.25) is 0 Å². The van der Waals surface area contributed by atoms with E-state index >= 15 is 0 Å². The van der Waals surface area contributed by atoms with Gasteiger partial charge in [-0.25, -0.2) is 4.39 Å². The fourth-order valence-corrected chi connectivity index (χ4v) is 5.45. The van der Waals surface area contributed by atoms with E-state index in [4.69, 9.17) is 4.74 Å². The highest BCUT2D eigenvalue weighted by Gasteiger charge is 2.46. The maximum atomic E-state index is 14.7. The minimum atomic E-state index is -0.551. The second-order valence-electron chi connectivity index (χ2n) is 9.95. The summed E-state index contributed by atoms with van der Waals surface area (Å²) in [6, 6.07) is 8.56. The number of rotatable bonds is 5. The van der Waals surface area contributed by atoms with Gasteiger partial charge in [-0.15, -0.1) is 0 Å². The van der Waals surface area contributed by atoms with Crippen molar-refractivity contribution in [2.75, 3.05) is 26.7 Å². The molecule has 0 N–H and O–H groups in total. The van der Waals surface area contributed by atoms with E-state index in [1.807, 2.05) is 19.9 Å². The van der Waals surface area contributed by atoms with E-state index in [1.54, 1.807) is 11.0 Å². The number of carbonyl (C=O) groups excluding carboxylic acids is 2. The van der Waals surface area contributed by atoms with Crippen molar-refractivity contribution in [3.05, 3.63) is 53.1 Å². The molecule has 1 aliphatic carbocycles. The quantitative estimate of drug-likeness (QED) is 0.640. The van der Waals surface area contributed by atoms with Gasteiger partial charge in [-0.3, -0.25) is 14.5 Å². The van der Waals surface area contributed by atoms with Crippen molar-refractivity contribution in [2.24, 2.45) is 5.92 Å². The van der Waals surface area contributed by atoms with E-state index in [0.29, 0.717) is 18.8 Å². The minimum absolute atomic E-state index is 0.0595. The fourth-order valence-electron chi connectivity index (χ4n) is 5.45. The molecule has 2 aliphatic heterocycles. The summed E-state index contributed by atoms with van der Waals surface area (Å²) in [5.41, 5.74) is 1.89. The molecule has 7 heteroatoms. The molecule has 0 radical (unpaired) electrons. The van der Waals surface area contributed by atoms with Crippen LogP contribution in [0.1, 0.15) is 66.1 Å². The first-order chi connectivity index (χ1) is 15.8. The van der Waals surface area contributed by atoms with Crippen molar-refractivity contribution < 1.29 is 18.7 Å². The van der Waals surface area contributed by atoms with Crippen molar-refractivity contribution >= 4 is 11.7 Å². The van der Waals surface area contributed by atoms with Crippen LogP contribution in [-0.4, -0.2) is 58.8 Å². The van der Waals surface area contributed by atoms with Crippen LogP contribution in [0.25, 0.3) is 0 Å². The Balaban J connectivity index is 1.34. The molecule has 1 aromatic carbocycles. The number of carbonyl (C=O) groups is 2. The monoisotopic (exact) mass is 453 g/mol. The van der Waals surface area contributed by atoms with Crippen LogP contribution in [0.4, 0.5) is 4.39 Å². The first kappa shape index (κ1) is 22.1. The molecule has 0 unspecified atom stereocenters. The van der Waals surface area contributed by atoms with Crippen LogP contribution in [0.3, 0.4) is 0 Å². The van der Waals surface area contributed by atoms with Crippen molar-refractivity contribution in [3.63, 3.8) is 0 Å². The molecule has 2 aromatic rings. The lowest BCUT2D eigenvalue weighted by Gasteiger charge is -2.50. The summed E-state index contributed by atoms with van der Waals surface area (Å²) >= 11 is 0. The summed E-state index contributed by atoms with van der Waals surface area (Å²) in [7, 11) is 2.13. The Labute approximate surface area is 194 Å². The summed E-state index contributed by atoms with van der Waals surface area (Å²) in [5, 5.41) is 0. The zero-order chi connectivity index (χ0) is 23.3. The molecule has 1 saturated heterocycles. The van der Waals surface area contributed by atoms with Gasteiger partial charge < -0.3 is 14.2 Å². The zero-order valence-electron chi connectivity index (χ0n) is 19.6. The number of aromatic nitrogens is 1. The van der Waals surface area contributed by atoms with E-state index < -0.39 is 5.82 Å². The maximum absolute atomic E-state index is 14.7. The summed E-state index contributed by atoms with van der Waals surface area (Å²) in [6.07, 6.45) is 3.46. The summed E-state index contributed by atoms with van der Waals surface area (Å²) in [4.78, 5) is 30.0. The number of hydrogen-bond donors (Lipinski definition) is 0. The highest BCUT2D eigenvalue weighted by molar-refractivity contribution is 5.98. The molecule has 3 aliphatic rings. The van der Waals surface area contributed by atoms with Gasteiger partial charge in [0.1, 0.15) is 11.6 Å². The first-order valence-electron chi connectivity index (χ1n) is 12.0. The second-order valence-corrected chi connectivity index (χ2v) is 9.95. The predicted octanol–water partition coefficient (Wildman–Crippen LogP) is 4.08. The van der Waals surface area contributed by atoms with E-state index in [1.165, 1.54) is 17.8 Å². The standard InChI is InChI=1S/C26H32FN3O3/c1-17(2)33-19-6-7-20(21(27)16-19)25(32)29-12-10-26(11-13-29)23-9-8-22(24(31)18-4-5-18)30(23)15-14-28(26)3/h6-9,16-18H,4-5,10-15H2,1-3H3. The molecule has 0 atom stereocenters. The average Bonchev–Trinajstić information content (AvgIpc) is 3.54. The molecule has 0 bridgehead atoms. The van der Waals surface area contributed by atoms with Gasteiger partial charge in [-0.1, -0.05) is 0 Å². The molecule has 2 fully saturated rings. The largest absolute Gasteiger partial charge is 0.491 e. The highest BCUT2D eigenvalue weighted by Crippen LogP contribution is 2.43. The van der Waals surface area contributed by atoms with E-state index in [-0.39, 0.29) is 34.8 Å². The van der Waals surface area contributed by atoms with E-state index in [0.717, 1.165) is 44.5 Å². The van der Waals surface area contributed by atoms with Gasteiger partial charge in [0, 0.05) is 43.9 Å². The average molecular weight is 454 g/mol. The van der Waals surface area contributed by atoms with Gasteiger partial charge in [-0.05, 0) is 70.8 Å². The molecule has 1 amide bonds. The first-order valence-corrected chi connectivity index (χ1v) is 12.0. The normalized spacial score (nSPS) is 20.2. The Hall–Kier alpha value is -2.67. The Morgan fingerprint density at radius 1 is 1.06 bits per heavy atom. The summed E-state index contributed by atoms with van der Waals surface area (Å²) in [5.74, 6) is 0.0697. The second kappa shape index (κ2) is 8.28. The number of benzene rings is 1. The predicted molar refractivity (Wildman–Crippen MR) is 123 cm³/mol. The van der Waals surface area contributed by atoms with Gasteiger partial charge in [0.25, 0.3) is 5.91 Å². The Bertz CT molecular complexity index is 1080. The van der Waals surface area contributed by atoms with Crippen molar-refractivity contribution in [1.29, 1.82) is 0 Å². The van der Waals surface area contributed by atoms with Gasteiger partial charge in [0.05, 0.1) is 22.9 Å². The van der Waals surface area contributed by atoms with E-state index in [2.05, 4.69) is 22.6 Å². The maximum Gasteiger partial charge on any atom is 0.256 e. The van der Waals surface area contributed by atoms with Crippen LogP contribution in [-0.2, 0) is 12.1 Å². The van der Waals surface area contributed by atoms with Crippen LogP contribution in [0.5, 0.6) is 5.75 Å². The molecule has 1 saturated carbocycles. The topological polar surface area (TPSA) is 54.8 Å². The number of halogens is 1. The number of likely N-dealkylation sites (N-methyl/N-ethyl adjacent to an activating group) is 1. The zero-order valence-corrected chi connectivity index (χ0v) is 19.6. The van der Waals surface area contributed by atoms with Crippen LogP contribution < -0.4 is 4.74 Å². The smallest absolute Gasteiger partial charge is 0.256 e. The molecule has 176 valence electrons. The van der Waals surface area contributed by atoms with Crippen LogP contribution in [0.2, 0.25) is 0 Å². The number of hydrogen-bond acceptors (Lipinski definition) is 4. The number of ketones is 1. The van der Waals surface area contributed by atoms with Gasteiger partial charge >= 0.3 is 0 Å². The number of likely N-dealkylation sites (tertiary alicyclic amines) is 1. The number of fused-ring (bicyclic) bond motifs is 2. The lowest BCUT2D eigenvalue weighted by Crippen LogP contribution is -2.56. The third-order valence-electron chi connectivity index (χ3n) is 7.47. The van der Waals surface area contributed by atoms with Crippen molar-refractivity contribution in [3.8, 4) is 5.75 Å². The van der Waals surface area contributed by atoms with Crippen molar-refractivity contribution in [1.82, 2.24) is 14.4 Å². The van der Waals surface area contributed by atoms with Crippen molar-refractivity contribution in [2.45, 2.75) is 57.7 Å². The summed E-state index contributed by atoms with van der Waals surface area (Å²) < 4.78 is 22.4. The van der Waals surface area contributed by atoms with Crippen LogP contribution >= 0.6 is 0 Å².